The predicted octanol–water partition coefficient (Wildman–Crippen LogP) is 0.341. The Morgan fingerprint density at radius 2 is 1.86 bits per heavy atom. The number of piperazine rings is 1. The maximum Gasteiger partial charge on any atom is 0.244 e. The second-order valence-electron chi connectivity index (χ2n) is 4.61. The van der Waals surface area contributed by atoms with Crippen molar-refractivity contribution in [3.05, 3.63) is 16.6 Å². The summed E-state index contributed by atoms with van der Waals surface area (Å²) in [4.78, 5) is 11.5. The molecule has 2 aliphatic heterocycles. The SMILES string of the molecule is O=C1CN(S(=O)(=O)c2cc3c(cc2Br)OCCO3)CCN1. The third-order valence-corrected chi connectivity index (χ3v) is 6.02. The molecular weight excluding hydrogens is 364 g/mol. The molecule has 0 aliphatic carbocycles. The van der Waals surface area contributed by atoms with Crippen LogP contribution in [0.15, 0.2) is 21.5 Å². The number of nitrogens with one attached hydrogen (secondary N) is 1. The van der Waals surface area contributed by atoms with Gasteiger partial charge in [0, 0.05) is 23.6 Å². The first-order chi connectivity index (χ1) is 9.98. The maximum absolute atomic E-state index is 12.7. The molecular formula is C12H13BrN2O5S. The molecule has 0 saturated carbocycles. The molecule has 0 bridgehead atoms. The van der Waals surface area contributed by atoms with Gasteiger partial charge in [0.25, 0.3) is 0 Å². The highest BCUT2D eigenvalue weighted by Crippen LogP contribution is 2.38. The second-order valence-corrected chi connectivity index (χ2v) is 7.38. The minimum absolute atomic E-state index is 0.0708. The lowest BCUT2D eigenvalue weighted by molar-refractivity contribution is -0.122. The molecule has 3 rings (SSSR count). The molecule has 0 unspecified atom stereocenters. The number of halogens is 1. The van der Waals surface area contributed by atoms with Crippen molar-refractivity contribution in [2.24, 2.45) is 0 Å². The molecule has 1 aromatic carbocycles. The number of sulfonamides is 1. The fourth-order valence-electron chi connectivity index (χ4n) is 2.20. The lowest BCUT2D eigenvalue weighted by Crippen LogP contribution is -2.49. The Morgan fingerprint density at radius 3 is 2.52 bits per heavy atom. The summed E-state index contributed by atoms with van der Waals surface area (Å²) >= 11 is 3.25. The van der Waals surface area contributed by atoms with E-state index in [0.29, 0.717) is 35.7 Å². The molecule has 114 valence electrons. The Kier molecular flexibility index (Phi) is 3.80. The molecule has 9 heteroatoms. The number of amides is 1. The van der Waals surface area contributed by atoms with Gasteiger partial charge >= 0.3 is 0 Å². The van der Waals surface area contributed by atoms with E-state index >= 15 is 0 Å². The third kappa shape index (κ3) is 2.72. The second kappa shape index (κ2) is 5.47. The molecule has 2 heterocycles. The van der Waals surface area contributed by atoms with Crippen LogP contribution in [0.5, 0.6) is 11.5 Å². The van der Waals surface area contributed by atoms with Gasteiger partial charge in [-0.15, -0.1) is 0 Å². The van der Waals surface area contributed by atoms with Crippen molar-refractivity contribution in [1.29, 1.82) is 0 Å². The minimum atomic E-state index is -3.77. The molecule has 1 aromatic rings. The Labute approximate surface area is 130 Å². The zero-order valence-corrected chi connectivity index (χ0v) is 13.4. The Bertz CT molecular complexity index is 691. The van der Waals surface area contributed by atoms with E-state index in [1.54, 1.807) is 6.07 Å². The van der Waals surface area contributed by atoms with Crippen molar-refractivity contribution in [3.8, 4) is 11.5 Å². The van der Waals surface area contributed by atoms with Crippen LogP contribution in [0, 0.1) is 0 Å². The summed E-state index contributed by atoms with van der Waals surface area (Å²) in [6, 6.07) is 3.01. The molecule has 2 aliphatic rings. The van der Waals surface area contributed by atoms with Crippen LogP contribution in [0.1, 0.15) is 0 Å². The highest BCUT2D eigenvalue weighted by Gasteiger charge is 2.32. The van der Waals surface area contributed by atoms with E-state index < -0.39 is 10.0 Å². The molecule has 1 fully saturated rings. The first-order valence-corrected chi connectivity index (χ1v) is 8.58. The number of nitrogens with zero attached hydrogens (tertiary/aromatic N) is 1. The van der Waals surface area contributed by atoms with Crippen LogP contribution in [-0.4, -0.2) is 51.5 Å². The molecule has 1 N–H and O–H groups in total. The van der Waals surface area contributed by atoms with Crippen LogP contribution in [0.3, 0.4) is 0 Å². The number of fused-ring (bicyclic) bond motifs is 1. The van der Waals surface area contributed by atoms with Gasteiger partial charge in [-0.05, 0) is 22.0 Å². The lowest BCUT2D eigenvalue weighted by atomic mass is 10.3. The summed E-state index contributed by atoms with van der Waals surface area (Å²) in [6.07, 6.45) is 0. The summed E-state index contributed by atoms with van der Waals surface area (Å²) in [5, 5.41) is 2.60. The number of carbonyl (C=O) groups is 1. The highest BCUT2D eigenvalue weighted by molar-refractivity contribution is 9.10. The highest BCUT2D eigenvalue weighted by atomic mass is 79.9. The number of ether oxygens (including phenoxy) is 2. The first kappa shape index (κ1) is 14.6. The average Bonchev–Trinajstić information content (AvgIpc) is 2.46. The van der Waals surface area contributed by atoms with Crippen LogP contribution in [0.25, 0.3) is 0 Å². The quantitative estimate of drug-likeness (QED) is 0.804. The average molecular weight is 377 g/mol. The van der Waals surface area contributed by atoms with Crippen molar-refractivity contribution in [2.75, 3.05) is 32.8 Å². The van der Waals surface area contributed by atoms with E-state index in [-0.39, 0.29) is 23.9 Å². The van der Waals surface area contributed by atoms with Crippen molar-refractivity contribution in [1.82, 2.24) is 9.62 Å². The summed E-state index contributed by atoms with van der Waals surface area (Å²) < 4.78 is 37.7. The fraction of sp³-hybridized carbons (Fsp3) is 0.417. The molecule has 0 aromatic heterocycles. The first-order valence-electron chi connectivity index (χ1n) is 6.34. The maximum atomic E-state index is 12.7. The zero-order valence-electron chi connectivity index (χ0n) is 11.0. The Hall–Kier alpha value is -1.32. The van der Waals surface area contributed by atoms with E-state index in [0.717, 1.165) is 4.31 Å². The molecule has 0 spiro atoms. The molecule has 1 saturated heterocycles. The van der Waals surface area contributed by atoms with Crippen molar-refractivity contribution in [3.63, 3.8) is 0 Å². The van der Waals surface area contributed by atoms with E-state index in [2.05, 4.69) is 21.2 Å². The van der Waals surface area contributed by atoms with Gasteiger partial charge in [-0.1, -0.05) is 0 Å². The number of benzene rings is 1. The predicted molar refractivity (Wildman–Crippen MR) is 76.9 cm³/mol. The Balaban J connectivity index is 2.00. The van der Waals surface area contributed by atoms with Gasteiger partial charge in [-0.2, -0.15) is 4.31 Å². The van der Waals surface area contributed by atoms with E-state index in [4.69, 9.17) is 9.47 Å². The summed E-state index contributed by atoms with van der Waals surface area (Å²) in [7, 11) is -3.77. The van der Waals surface area contributed by atoms with Gasteiger partial charge in [0.05, 0.1) is 6.54 Å². The molecule has 0 atom stereocenters. The minimum Gasteiger partial charge on any atom is -0.486 e. The van der Waals surface area contributed by atoms with Gasteiger partial charge in [0.2, 0.25) is 15.9 Å². The normalized spacial score (nSPS) is 19.2. The van der Waals surface area contributed by atoms with Crippen LogP contribution in [0.2, 0.25) is 0 Å². The molecule has 1 amide bonds. The standard InChI is InChI=1S/C12H13BrN2O5S/c13-8-5-9-10(20-4-3-19-9)6-11(8)21(17,18)15-2-1-14-12(16)7-15/h5-6H,1-4,7H2,(H,14,16). The van der Waals surface area contributed by atoms with E-state index in [1.807, 2.05) is 0 Å². The topological polar surface area (TPSA) is 84.9 Å². The van der Waals surface area contributed by atoms with E-state index in [9.17, 15) is 13.2 Å². The molecule has 7 nitrogen and oxygen atoms in total. The Morgan fingerprint density at radius 1 is 1.19 bits per heavy atom. The largest absolute Gasteiger partial charge is 0.486 e. The van der Waals surface area contributed by atoms with Crippen LogP contribution < -0.4 is 14.8 Å². The number of carbonyl (C=O) groups excluding carboxylic acids is 1. The van der Waals surface area contributed by atoms with Gasteiger partial charge < -0.3 is 14.8 Å². The van der Waals surface area contributed by atoms with Crippen molar-refractivity contribution in [2.45, 2.75) is 4.90 Å². The van der Waals surface area contributed by atoms with Crippen LogP contribution >= 0.6 is 15.9 Å². The van der Waals surface area contributed by atoms with Crippen molar-refractivity contribution < 1.29 is 22.7 Å². The smallest absolute Gasteiger partial charge is 0.244 e. The summed E-state index contributed by atoms with van der Waals surface area (Å²) in [6.45, 7) is 1.18. The van der Waals surface area contributed by atoms with Gasteiger partial charge in [-0.25, -0.2) is 8.42 Å². The van der Waals surface area contributed by atoms with Crippen LogP contribution in [-0.2, 0) is 14.8 Å². The van der Waals surface area contributed by atoms with Gasteiger partial charge in [0.1, 0.15) is 18.1 Å². The monoisotopic (exact) mass is 376 g/mol. The number of hydrogen-bond acceptors (Lipinski definition) is 5. The van der Waals surface area contributed by atoms with Crippen LogP contribution in [0.4, 0.5) is 0 Å². The summed E-state index contributed by atoms with van der Waals surface area (Å²) in [5.41, 5.74) is 0. The van der Waals surface area contributed by atoms with Gasteiger partial charge in [-0.3, -0.25) is 4.79 Å². The van der Waals surface area contributed by atoms with Crippen molar-refractivity contribution >= 4 is 31.9 Å². The summed E-state index contributed by atoms with van der Waals surface area (Å²) in [5.74, 6) is 0.589. The van der Waals surface area contributed by atoms with E-state index in [1.165, 1.54) is 6.07 Å². The third-order valence-electron chi connectivity index (χ3n) is 3.22. The molecule has 0 radical (unpaired) electrons. The number of rotatable bonds is 2. The lowest BCUT2D eigenvalue weighted by Gasteiger charge is -2.27. The fourth-order valence-corrected chi connectivity index (χ4v) is 4.60. The molecule has 21 heavy (non-hydrogen) atoms. The number of hydrogen-bond donors (Lipinski definition) is 1. The zero-order chi connectivity index (χ0) is 15.0. The van der Waals surface area contributed by atoms with Gasteiger partial charge in [0.15, 0.2) is 11.5 Å².